The van der Waals surface area contributed by atoms with Gasteiger partial charge in [0.25, 0.3) is 0 Å². The molecule has 0 bridgehead atoms. The van der Waals surface area contributed by atoms with Crippen LogP contribution in [0.4, 0.5) is 0 Å². The zero-order chi connectivity index (χ0) is 13.5. The van der Waals surface area contributed by atoms with E-state index in [4.69, 9.17) is 0 Å². The van der Waals surface area contributed by atoms with E-state index in [-0.39, 0.29) is 12.0 Å². The van der Waals surface area contributed by atoms with E-state index in [1.54, 1.807) is 0 Å². The maximum absolute atomic E-state index is 11.3. The monoisotopic (exact) mass is 266 g/mol. The summed E-state index contributed by atoms with van der Waals surface area (Å²) in [6.07, 6.45) is 1.64. The van der Waals surface area contributed by atoms with Gasteiger partial charge in [0.05, 0.1) is 12.4 Å². The average Bonchev–Trinajstić information content (AvgIpc) is 2.20. The van der Waals surface area contributed by atoms with Gasteiger partial charge in [-0.05, 0) is 18.9 Å². The van der Waals surface area contributed by atoms with Crippen LogP contribution in [0.15, 0.2) is 0 Å². The summed E-state index contributed by atoms with van der Waals surface area (Å²) in [7, 11) is -3.08. The molecule has 0 aromatic carbocycles. The van der Waals surface area contributed by atoms with Gasteiger partial charge in [-0.3, -0.25) is 0 Å². The van der Waals surface area contributed by atoms with Gasteiger partial charge in [-0.25, -0.2) is 12.7 Å². The molecule has 0 fully saturated rings. The number of rotatable bonds is 9. The number of nitrogens with one attached hydrogen (secondary N) is 1. The maximum Gasteiger partial charge on any atom is 0.211 e. The van der Waals surface area contributed by atoms with Crippen LogP contribution < -0.4 is 5.32 Å². The van der Waals surface area contributed by atoms with Gasteiger partial charge in [-0.2, -0.15) is 0 Å². The molecule has 2 N–H and O–H groups in total. The van der Waals surface area contributed by atoms with Crippen molar-refractivity contribution in [3.05, 3.63) is 0 Å². The van der Waals surface area contributed by atoms with Crippen molar-refractivity contribution in [2.75, 3.05) is 32.4 Å². The molecule has 0 aliphatic rings. The van der Waals surface area contributed by atoms with Crippen molar-refractivity contribution in [1.29, 1.82) is 0 Å². The molecule has 0 heterocycles. The Balaban J connectivity index is 3.71. The second-order valence-electron chi connectivity index (χ2n) is 4.62. The number of hydrogen-bond donors (Lipinski definition) is 2. The van der Waals surface area contributed by atoms with E-state index < -0.39 is 10.0 Å². The summed E-state index contributed by atoms with van der Waals surface area (Å²) in [5.41, 5.74) is 0. The molecule has 104 valence electrons. The molecule has 0 aromatic heterocycles. The average molecular weight is 266 g/mol. The highest BCUT2D eigenvalue weighted by Gasteiger charge is 2.13. The van der Waals surface area contributed by atoms with Gasteiger partial charge in [-0.1, -0.05) is 20.8 Å². The highest BCUT2D eigenvalue weighted by atomic mass is 32.2. The van der Waals surface area contributed by atoms with Gasteiger partial charge in [0.2, 0.25) is 10.0 Å². The minimum atomic E-state index is -3.08. The van der Waals surface area contributed by atoms with Gasteiger partial charge in [0.1, 0.15) is 0 Å². The van der Waals surface area contributed by atoms with Crippen LogP contribution in [-0.4, -0.2) is 56.4 Å². The summed E-state index contributed by atoms with van der Waals surface area (Å²) in [4.78, 5) is 0. The predicted molar refractivity (Wildman–Crippen MR) is 70.4 cm³/mol. The molecule has 0 spiro atoms. The van der Waals surface area contributed by atoms with Crippen LogP contribution >= 0.6 is 0 Å². The number of aliphatic hydroxyl groups excluding tert-OH is 1. The first-order valence-corrected chi connectivity index (χ1v) is 7.97. The molecular weight excluding hydrogens is 240 g/mol. The van der Waals surface area contributed by atoms with Crippen LogP contribution in [0.5, 0.6) is 0 Å². The van der Waals surface area contributed by atoms with Crippen LogP contribution in [0.2, 0.25) is 0 Å². The standard InChI is InChI=1S/C11H26N2O3S/c1-5-13(17(4,15)16)8-6-7-12-9-11(14)10(2)3/h10-12,14H,5-9H2,1-4H3. The van der Waals surface area contributed by atoms with Crippen molar-refractivity contribution in [1.82, 2.24) is 9.62 Å². The van der Waals surface area contributed by atoms with Crippen molar-refractivity contribution in [2.24, 2.45) is 5.92 Å². The lowest BCUT2D eigenvalue weighted by Crippen LogP contribution is -2.35. The van der Waals surface area contributed by atoms with Crippen molar-refractivity contribution in [3.8, 4) is 0 Å². The van der Waals surface area contributed by atoms with E-state index in [2.05, 4.69) is 5.32 Å². The van der Waals surface area contributed by atoms with Crippen molar-refractivity contribution in [2.45, 2.75) is 33.3 Å². The number of hydrogen-bond acceptors (Lipinski definition) is 4. The van der Waals surface area contributed by atoms with Gasteiger partial charge < -0.3 is 10.4 Å². The third kappa shape index (κ3) is 7.70. The second-order valence-corrected chi connectivity index (χ2v) is 6.61. The van der Waals surface area contributed by atoms with E-state index >= 15 is 0 Å². The third-order valence-electron chi connectivity index (χ3n) is 2.71. The van der Waals surface area contributed by atoms with Gasteiger partial charge >= 0.3 is 0 Å². The Morgan fingerprint density at radius 1 is 1.35 bits per heavy atom. The van der Waals surface area contributed by atoms with E-state index in [1.165, 1.54) is 10.6 Å². The molecule has 0 amide bonds. The Kier molecular flexibility index (Phi) is 7.94. The highest BCUT2D eigenvalue weighted by Crippen LogP contribution is 2.00. The van der Waals surface area contributed by atoms with Gasteiger partial charge in [0, 0.05) is 19.6 Å². The Morgan fingerprint density at radius 2 is 1.94 bits per heavy atom. The Labute approximate surface area is 105 Å². The SMILES string of the molecule is CCN(CCCNCC(O)C(C)C)S(C)(=O)=O. The molecule has 0 aromatic rings. The molecule has 1 unspecified atom stereocenters. The third-order valence-corrected chi connectivity index (χ3v) is 4.08. The molecule has 0 radical (unpaired) electrons. The zero-order valence-electron chi connectivity index (χ0n) is 11.3. The fraction of sp³-hybridized carbons (Fsp3) is 1.00. The summed E-state index contributed by atoms with van der Waals surface area (Å²) >= 11 is 0. The van der Waals surface area contributed by atoms with Crippen molar-refractivity contribution >= 4 is 10.0 Å². The Hall–Kier alpha value is -0.170. The largest absolute Gasteiger partial charge is 0.392 e. The van der Waals surface area contributed by atoms with Crippen molar-refractivity contribution < 1.29 is 13.5 Å². The van der Waals surface area contributed by atoms with E-state index in [1.807, 2.05) is 20.8 Å². The Morgan fingerprint density at radius 3 is 2.35 bits per heavy atom. The Bertz CT molecular complexity index is 291. The number of aliphatic hydroxyl groups is 1. The van der Waals surface area contributed by atoms with Crippen LogP contribution in [0.25, 0.3) is 0 Å². The first kappa shape index (κ1) is 16.8. The fourth-order valence-electron chi connectivity index (χ4n) is 1.42. The molecule has 0 rings (SSSR count). The molecule has 0 aliphatic heterocycles. The molecule has 0 aliphatic carbocycles. The second kappa shape index (κ2) is 8.02. The van der Waals surface area contributed by atoms with E-state index in [0.29, 0.717) is 19.6 Å². The number of sulfonamides is 1. The quantitative estimate of drug-likeness (QED) is 0.588. The predicted octanol–water partition coefficient (Wildman–Crippen LogP) is 0.265. The summed E-state index contributed by atoms with van der Waals surface area (Å²) in [6.45, 7) is 8.08. The topological polar surface area (TPSA) is 69.6 Å². The molecule has 5 nitrogen and oxygen atoms in total. The fourth-order valence-corrected chi connectivity index (χ4v) is 2.35. The number of nitrogens with zero attached hydrogens (tertiary/aromatic N) is 1. The normalized spacial score (nSPS) is 14.5. The van der Waals surface area contributed by atoms with Crippen LogP contribution in [-0.2, 0) is 10.0 Å². The van der Waals surface area contributed by atoms with E-state index in [9.17, 15) is 13.5 Å². The lowest BCUT2D eigenvalue weighted by Gasteiger charge is -2.18. The minimum Gasteiger partial charge on any atom is -0.392 e. The maximum atomic E-state index is 11.3. The molecule has 6 heteroatoms. The van der Waals surface area contributed by atoms with Crippen LogP contribution in [0.1, 0.15) is 27.2 Å². The van der Waals surface area contributed by atoms with Crippen molar-refractivity contribution in [3.63, 3.8) is 0 Å². The zero-order valence-corrected chi connectivity index (χ0v) is 12.1. The smallest absolute Gasteiger partial charge is 0.211 e. The molecule has 0 saturated carbocycles. The summed E-state index contributed by atoms with van der Waals surface area (Å²) in [5, 5.41) is 12.7. The molecule has 17 heavy (non-hydrogen) atoms. The van der Waals surface area contributed by atoms with Gasteiger partial charge in [0.15, 0.2) is 0 Å². The first-order chi connectivity index (χ1) is 7.79. The lowest BCUT2D eigenvalue weighted by molar-refractivity contribution is 0.123. The highest BCUT2D eigenvalue weighted by molar-refractivity contribution is 7.88. The summed E-state index contributed by atoms with van der Waals surface area (Å²) in [5.74, 6) is 0.241. The minimum absolute atomic E-state index is 0.241. The van der Waals surface area contributed by atoms with E-state index in [0.717, 1.165) is 13.0 Å². The van der Waals surface area contributed by atoms with Gasteiger partial charge in [-0.15, -0.1) is 0 Å². The summed E-state index contributed by atoms with van der Waals surface area (Å²) in [6, 6.07) is 0. The lowest BCUT2D eigenvalue weighted by atomic mass is 10.1. The molecular formula is C11H26N2O3S. The van der Waals surface area contributed by atoms with Crippen LogP contribution in [0, 0.1) is 5.92 Å². The first-order valence-electron chi connectivity index (χ1n) is 6.13. The van der Waals surface area contributed by atoms with Crippen LogP contribution in [0.3, 0.4) is 0 Å². The molecule has 0 saturated heterocycles. The summed E-state index contributed by atoms with van der Waals surface area (Å²) < 4.78 is 24.0. The molecule has 1 atom stereocenters.